The van der Waals surface area contributed by atoms with Crippen molar-refractivity contribution < 1.29 is 4.42 Å². The third-order valence-corrected chi connectivity index (χ3v) is 16.4. The van der Waals surface area contributed by atoms with Gasteiger partial charge in [-0.15, -0.1) is 11.3 Å². The van der Waals surface area contributed by atoms with E-state index in [4.69, 9.17) is 4.42 Å². The minimum absolute atomic E-state index is 0.0115. The Balaban J connectivity index is 1.33. The van der Waals surface area contributed by atoms with Gasteiger partial charge in [0.25, 0.3) is 6.71 Å². The summed E-state index contributed by atoms with van der Waals surface area (Å²) >= 11 is 1.95. The molecule has 0 saturated carbocycles. The summed E-state index contributed by atoms with van der Waals surface area (Å²) in [6, 6.07) is 49.1. The summed E-state index contributed by atoms with van der Waals surface area (Å²) in [4.78, 5) is 5.37. The highest BCUT2D eigenvalue weighted by molar-refractivity contribution is 7.26. The Morgan fingerprint density at radius 1 is 0.443 bits per heavy atom. The smallest absolute Gasteiger partial charge is 0.254 e. The van der Waals surface area contributed by atoms with Crippen LogP contribution in [0.2, 0.25) is 0 Å². The Bertz CT molecular complexity index is 3560. The highest BCUT2D eigenvalue weighted by Crippen LogP contribution is 2.53. The molecule has 3 nitrogen and oxygen atoms in total. The second-order valence-electron chi connectivity index (χ2n) is 24.5. The first-order valence-corrected chi connectivity index (χ1v) is 26.1. The van der Waals surface area contributed by atoms with E-state index < -0.39 is 0 Å². The molecule has 5 heteroatoms. The summed E-state index contributed by atoms with van der Waals surface area (Å²) in [7, 11) is 0. The van der Waals surface area contributed by atoms with Gasteiger partial charge in [0.05, 0.1) is 22.6 Å². The summed E-state index contributed by atoms with van der Waals surface area (Å²) in [6.07, 6.45) is 1.96. The summed E-state index contributed by atoms with van der Waals surface area (Å²) in [5, 5.41) is 3.77. The number of furan rings is 1. The van der Waals surface area contributed by atoms with Gasteiger partial charge in [-0.1, -0.05) is 174 Å². The topological polar surface area (TPSA) is 19.6 Å². The normalized spacial score (nSPS) is 13.8. The van der Waals surface area contributed by atoms with Crippen LogP contribution in [0.15, 0.2) is 138 Å². The van der Waals surface area contributed by atoms with E-state index in [2.05, 4.69) is 241 Å². The number of hydrogen-bond donors (Lipinski definition) is 0. The monoisotopic (exact) mass is 935 g/mol. The maximum absolute atomic E-state index is 6.29. The third-order valence-electron chi connectivity index (χ3n) is 15.3. The Kier molecular flexibility index (Phi) is 10.4. The lowest BCUT2D eigenvalue weighted by molar-refractivity contribution is 0.589. The summed E-state index contributed by atoms with van der Waals surface area (Å²) in [5.74, 6) is 0. The average molecular weight is 935 g/mol. The van der Waals surface area contributed by atoms with Crippen LogP contribution in [0.1, 0.15) is 122 Å². The maximum Gasteiger partial charge on any atom is 0.254 e. The molecule has 0 spiro atoms. The molecule has 7 aromatic carbocycles. The molecule has 2 aromatic heterocycles. The van der Waals surface area contributed by atoms with Crippen LogP contribution in [0.3, 0.4) is 0 Å². The lowest BCUT2D eigenvalue weighted by Gasteiger charge is -2.45. The van der Waals surface area contributed by atoms with Crippen LogP contribution < -0.4 is 26.2 Å². The number of fused-ring (bicyclic) bond motifs is 7. The zero-order valence-electron chi connectivity index (χ0n) is 44.0. The van der Waals surface area contributed by atoms with Crippen LogP contribution in [-0.2, 0) is 21.7 Å². The quantitative estimate of drug-likeness (QED) is 0.164. The summed E-state index contributed by atoms with van der Waals surface area (Å²) in [6.45, 7) is 35.1. The molecule has 0 atom stereocenters. The molecular weight excluding hydrogens is 868 g/mol. The van der Waals surface area contributed by atoms with Crippen molar-refractivity contribution in [2.45, 2.75) is 126 Å². The summed E-state index contributed by atoms with van der Waals surface area (Å²) < 4.78 is 7.60. The van der Waals surface area contributed by atoms with E-state index in [1.54, 1.807) is 0 Å². The molecule has 11 rings (SSSR count). The molecule has 9 aromatic rings. The Morgan fingerprint density at radius 3 is 1.66 bits per heavy atom. The Morgan fingerprint density at radius 2 is 1.01 bits per heavy atom. The average Bonchev–Trinajstić information content (AvgIpc) is 3.90. The van der Waals surface area contributed by atoms with Crippen LogP contribution >= 0.6 is 11.3 Å². The highest BCUT2D eigenvalue weighted by atomic mass is 32.1. The van der Waals surface area contributed by atoms with Crippen molar-refractivity contribution in [3.63, 3.8) is 0 Å². The fraction of sp³-hybridized carbons (Fsp3) is 0.292. The van der Waals surface area contributed by atoms with Crippen LogP contribution in [-0.4, -0.2) is 6.71 Å². The number of aryl methyl sites for hydroxylation is 3. The molecule has 0 aliphatic carbocycles. The van der Waals surface area contributed by atoms with Gasteiger partial charge >= 0.3 is 0 Å². The minimum atomic E-state index is -0.152. The molecule has 0 unspecified atom stereocenters. The van der Waals surface area contributed by atoms with Crippen molar-refractivity contribution in [2.24, 2.45) is 0 Å². The number of benzene rings is 7. The third kappa shape index (κ3) is 7.37. The van der Waals surface area contributed by atoms with Crippen molar-refractivity contribution in [3.8, 4) is 22.3 Å². The van der Waals surface area contributed by atoms with Gasteiger partial charge in [0, 0.05) is 38.3 Å². The zero-order valence-corrected chi connectivity index (χ0v) is 44.8. The number of anilines is 6. The highest BCUT2D eigenvalue weighted by Gasteiger charge is 2.47. The number of rotatable bonds is 4. The van der Waals surface area contributed by atoms with Gasteiger partial charge in [-0.05, 0) is 151 Å². The van der Waals surface area contributed by atoms with E-state index in [-0.39, 0.29) is 28.4 Å². The molecule has 70 heavy (non-hydrogen) atoms. The van der Waals surface area contributed by atoms with E-state index in [1.807, 2.05) is 17.6 Å². The van der Waals surface area contributed by atoms with Crippen molar-refractivity contribution in [2.75, 3.05) is 9.80 Å². The molecule has 0 radical (unpaired) electrons. The minimum Gasteiger partial charge on any atom is -0.464 e. The standard InChI is InChI=1S/C65H67BN2OS/c1-38-29-44(63(7,8)9)30-39(2)59(38)68-54-36-46(65(13,14)15)35-53-58(54)66(57-49-33-43(62(4,5)6)26-28-56(49)70-61(57)68)51-32-42(50-37-69-55-24-20-19-23-47(50)55)25-27-52(51)67(53)60-40(3)31-45(64(10,11)12)34-48(60)41-21-17-16-18-22-41/h16-37H,1-15H3. The first-order chi connectivity index (χ1) is 33.0. The Hall–Kier alpha value is -6.30. The van der Waals surface area contributed by atoms with E-state index >= 15 is 0 Å². The molecule has 0 N–H and O–H groups in total. The lowest BCUT2D eigenvalue weighted by atomic mass is 9.33. The molecule has 0 amide bonds. The van der Waals surface area contributed by atoms with Gasteiger partial charge in [-0.2, -0.15) is 0 Å². The second-order valence-corrected chi connectivity index (χ2v) is 25.5. The first-order valence-electron chi connectivity index (χ1n) is 25.3. The predicted molar refractivity (Wildman–Crippen MR) is 306 cm³/mol. The van der Waals surface area contributed by atoms with Crippen molar-refractivity contribution >= 4 is 88.9 Å². The number of para-hydroxylation sites is 1. The fourth-order valence-corrected chi connectivity index (χ4v) is 12.6. The predicted octanol–water partition coefficient (Wildman–Crippen LogP) is 17.2. The SMILES string of the molecule is Cc1cc(C(C)(C)C)cc(C)c1N1c2cc(C(C)(C)C)cc3c2B(c2cc(-c4coc5ccccc45)ccc2N3c2c(C)cc(C(C)(C)C)cc2-c2ccccc2)c2c1sc1ccc(C(C)(C)C)cc21. The number of thiophene rings is 1. The van der Waals surface area contributed by atoms with Gasteiger partial charge < -0.3 is 14.2 Å². The molecule has 2 aliphatic rings. The van der Waals surface area contributed by atoms with Crippen molar-refractivity contribution in [1.82, 2.24) is 0 Å². The van der Waals surface area contributed by atoms with Crippen LogP contribution in [0.25, 0.3) is 43.3 Å². The largest absolute Gasteiger partial charge is 0.464 e. The van der Waals surface area contributed by atoms with Crippen LogP contribution in [0.4, 0.5) is 33.4 Å². The fourth-order valence-electron chi connectivity index (χ4n) is 11.3. The zero-order chi connectivity index (χ0) is 49.6. The van der Waals surface area contributed by atoms with E-state index in [1.165, 1.54) is 110 Å². The molecule has 0 saturated heterocycles. The Labute approximate surface area is 421 Å². The number of nitrogens with zero attached hydrogens (tertiary/aromatic N) is 2. The molecule has 0 fully saturated rings. The van der Waals surface area contributed by atoms with Crippen LogP contribution in [0.5, 0.6) is 0 Å². The molecular formula is C65H67BN2OS. The van der Waals surface area contributed by atoms with Gasteiger partial charge in [0.15, 0.2) is 0 Å². The van der Waals surface area contributed by atoms with Gasteiger partial charge in [-0.3, -0.25) is 0 Å². The van der Waals surface area contributed by atoms with E-state index in [9.17, 15) is 0 Å². The van der Waals surface area contributed by atoms with E-state index in [0.29, 0.717) is 0 Å². The first kappa shape index (κ1) is 46.1. The van der Waals surface area contributed by atoms with Crippen molar-refractivity contribution in [3.05, 3.63) is 173 Å². The molecule has 4 heterocycles. The van der Waals surface area contributed by atoms with Gasteiger partial charge in [0.1, 0.15) is 5.58 Å². The van der Waals surface area contributed by atoms with Gasteiger partial charge in [0.2, 0.25) is 0 Å². The maximum atomic E-state index is 6.29. The molecule has 2 aliphatic heterocycles. The van der Waals surface area contributed by atoms with Crippen LogP contribution in [0, 0.1) is 20.8 Å². The molecule has 0 bridgehead atoms. The lowest BCUT2D eigenvalue weighted by Crippen LogP contribution is -2.61. The molecule has 352 valence electrons. The summed E-state index contributed by atoms with van der Waals surface area (Å²) in [5.41, 5.74) is 24.8. The van der Waals surface area contributed by atoms with E-state index in [0.717, 1.165) is 22.1 Å². The number of hydrogen-bond acceptors (Lipinski definition) is 4. The van der Waals surface area contributed by atoms with Gasteiger partial charge in [-0.25, -0.2) is 0 Å². The second kappa shape index (κ2) is 15.9. The van der Waals surface area contributed by atoms with Crippen molar-refractivity contribution in [1.29, 1.82) is 0 Å².